The SMILES string of the molecule is CC(C)N(C(=O)c1ccc(OC(F)F)cc1)C(C)C. The van der Waals surface area contributed by atoms with Crippen LogP contribution in [-0.2, 0) is 0 Å². The molecule has 1 aromatic rings. The molecule has 19 heavy (non-hydrogen) atoms. The fourth-order valence-corrected chi connectivity index (χ4v) is 1.99. The van der Waals surface area contributed by atoms with Gasteiger partial charge in [0, 0.05) is 17.6 Å². The molecule has 0 aliphatic rings. The molecular weight excluding hydrogens is 252 g/mol. The Bertz CT molecular complexity index is 408. The van der Waals surface area contributed by atoms with Crippen molar-refractivity contribution in [3.05, 3.63) is 29.8 Å². The van der Waals surface area contributed by atoms with Crippen LogP contribution in [0.25, 0.3) is 0 Å². The van der Waals surface area contributed by atoms with Crippen LogP contribution < -0.4 is 4.74 Å². The molecule has 1 rings (SSSR count). The molecule has 0 radical (unpaired) electrons. The minimum Gasteiger partial charge on any atom is -0.435 e. The molecule has 1 aromatic carbocycles. The second-order valence-electron chi connectivity index (χ2n) is 4.80. The van der Waals surface area contributed by atoms with Crippen LogP contribution in [-0.4, -0.2) is 29.5 Å². The highest BCUT2D eigenvalue weighted by Crippen LogP contribution is 2.18. The van der Waals surface area contributed by atoms with Crippen LogP contribution in [0.4, 0.5) is 8.78 Å². The van der Waals surface area contributed by atoms with Gasteiger partial charge < -0.3 is 9.64 Å². The van der Waals surface area contributed by atoms with Gasteiger partial charge in [-0.1, -0.05) is 0 Å². The predicted octanol–water partition coefficient (Wildman–Crippen LogP) is 3.55. The number of hydrogen-bond acceptors (Lipinski definition) is 2. The van der Waals surface area contributed by atoms with E-state index < -0.39 is 6.61 Å². The average Bonchev–Trinajstić information content (AvgIpc) is 2.27. The zero-order valence-electron chi connectivity index (χ0n) is 11.6. The summed E-state index contributed by atoms with van der Waals surface area (Å²) in [6.45, 7) is 4.89. The lowest BCUT2D eigenvalue weighted by Gasteiger charge is -2.30. The van der Waals surface area contributed by atoms with E-state index in [-0.39, 0.29) is 23.7 Å². The van der Waals surface area contributed by atoms with E-state index in [2.05, 4.69) is 4.74 Å². The summed E-state index contributed by atoms with van der Waals surface area (Å²) < 4.78 is 28.3. The van der Waals surface area contributed by atoms with Crippen molar-refractivity contribution in [3.8, 4) is 5.75 Å². The molecule has 0 aliphatic heterocycles. The van der Waals surface area contributed by atoms with Gasteiger partial charge in [-0.25, -0.2) is 0 Å². The van der Waals surface area contributed by atoms with E-state index >= 15 is 0 Å². The lowest BCUT2D eigenvalue weighted by molar-refractivity contribution is -0.0498. The highest BCUT2D eigenvalue weighted by Gasteiger charge is 2.21. The Labute approximate surface area is 112 Å². The lowest BCUT2D eigenvalue weighted by atomic mass is 10.1. The van der Waals surface area contributed by atoms with E-state index in [1.807, 2.05) is 27.7 Å². The van der Waals surface area contributed by atoms with Crippen molar-refractivity contribution >= 4 is 5.91 Å². The summed E-state index contributed by atoms with van der Waals surface area (Å²) in [6.07, 6.45) is 0. The molecular formula is C14H19F2NO2. The Kier molecular flexibility index (Phi) is 5.27. The average molecular weight is 271 g/mol. The Morgan fingerprint density at radius 2 is 1.53 bits per heavy atom. The standard InChI is InChI=1S/C14H19F2NO2/c1-9(2)17(10(3)4)13(18)11-5-7-12(8-6-11)19-14(15)16/h5-10,14H,1-4H3. The van der Waals surface area contributed by atoms with Crippen molar-refractivity contribution in [2.45, 2.75) is 46.4 Å². The fraction of sp³-hybridized carbons (Fsp3) is 0.500. The number of nitrogens with zero attached hydrogens (tertiary/aromatic N) is 1. The first-order valence-corrected chi connectivity index (χ1v) is 6.20. The first-order valence-electron chi connectivity index (χ1n) is 6.20. The number of ether oxygens (including phenoxy) is 1. The molecule has 3 nitrogen and oxygen atoms in total. The van der Waals surface area contributed by atoms with Gasteiger partial charge in [0.1, 0.15) is 5.75 Å². The predicted molar refractivity (Wildman–Crippen MR) is 69.5 cm³/mol. The maximum absolute atomic E-state index is 12.3. The Morgan fingerprint density at radius 3 is 1.89 bits per heavy atom. The van der Waals surface area contributed by atoms with Crippen molar-refractivity contribution < 1.29 is 18.3 Å². The minimum absolute atomic E-state index is 0.0483. The summed E-state index contributed by atoms with van der Waals surface area (Å²) in [7, 11) is 0. The van der Waals surface area contributed by atoms with Gasteiger partial charge in [0.05, 0.1) is 0 Å². The van der Waals surface area contributed by atoms with Gasteiger partial charge in [0.15, 0.2) is 0 Å². The first-order chi connectivity index (χ1) is 8.82. The fourth-order valence-electron chi connectivity index (χ4n) is 1.99. The number of amides is 1. The molecule has 0 fully saturated rings. The normalized spacial score (nSPS) is 11.2. The third kappa shape index (κ3) is 4.19. The second kappa shape index (κ2) is 6.50. The quantitative estimate of drug-likeness (QED) is 0.819. The van der Waals surface area contributed by atoms with Crippen molar-refractivity contribution in [3.63, 3.8) is 0 Å². The maximum atomic E-state index is 12.3. The monoisotopic (exact) mass is 271 g/mol. The molecule has 5 heteroatoms. The van der Waals surface area contributed by atoms with E-state index in [1.54, 1.807) is 4.90 Å². The van der Waals surface area contributed by atoms with Crippen LogP contribution >= 0.6 is 0 Å². The lowest BCUT2D eigenvalue weighted by Crippen LogP contribution is -2.42. The minimum atomic E-state index is -2.86. The van der Waals surface area contributed by atoms with Gasteiger partial charge in [-0.05, 0) is 52.0 Å². The number of benzene rings is 1. The second-order valence-corrected chi connectivity index (χ2v) is 4.80. The molecule has 0 saturated heterocycles. The molecule has 0 N–H and O–H groups in total. The number of hydrogen-bond donors (Lipinski definition) is 0. The van der Waals surface area contributed by atoms with E-state index in [0.29, 0.717) is 5.56 Å². The summed E-state index contributed by atoms with van der Waals surface area (Å²) in [5, 5.41) is 0. The summed E-state index contributed by atoms with van der Waals surface area (Å²) in [4.78, 5) is 14.0. The van der Waals surface area contributed by atoms with E-state index in [9.17, 15) is 13.6 Å². The molecule has 0 aromatic heterocycles. The molecule has 0 saturated carbocycles. The number of carbonyl (C=O) groups is 1. The number of rotatable bonds is 5. The highest BCUT2D eigenvalue weighted by atomic mass is 19.3. The Hall–Kier alpha value is -1.65. The van der Waals surface area contributed by atoms with Crippen LogP contribution in [0.2, 0.25) is 0 Å². The van der Waals surface area contributed by atoms with Gasteiger partial charge >= 0.3 is 6.61 Å². The molecule has 0 spiro atoms. The van der Waals surface area contributed by atoms with Crippen LogP contribution in [0.1, 0.15) is 38.1 Å². The topological polar surface area (TPSA) is 29.5 Å². The summed E-state index contributed by atoms with van der Waals surface area (Å²) >= 11 is 0. The van der Waals surface area contributed by atoms with Crippen LogP contribution in [0, 0.1) is 0 Å². The molecule has 1 amide bonds. The number of halogens is 2. The maximum Gasteiger partial charge on any atom is 0.387 e. The van der Waals surface area contributed by atoms with Gasteiger partial charge in [-0.3, -0.25) is 4.79 Å². The van der Waals surface area contributed by atoms with Gasteiger partial charge in [-0.2, -0.15) is 8.78 Å². The highest BCUT2D eigenvalue weighted by molar-refractivity contribution is 5.94. The first kappa shape index (κ1) is 15.4. The summed E-state index contributed by atoms with van der Waals surface area (Å²) in [5.74, 6) is -0.0687. The summed E-state index contributed by atoms with van der Waals surface area (Å²) in [5.41, 5.74) is 0.462. The van der Waals surface area contributed by atoms with Crippen LogP contribution in [0.5, 0.6) is 5.75 Å². The zero-order valence-corrected chi connectivity index (χ0v) is 11.6. The Balaban J connectivity index is 2.88. The third-order valence-corrected chi connectivity index (χ3v) is 2.67. The molecule has 0 atom stereocenters. The molecule has 106 valence electrons. The van der Waals surface area contributed by atoms with Crippen LogP contribution in [0.15, 0.2) is 24.3 Å². The van der Waals surface area contributed by atoms with Crippen LogP contribution in [0.3, 0.4) is 0 Å². The largest absolute Gasteiger partial charge is 0.435 e. The molecule has 0 heterocycles. The number of carbonyl (C=O) groups excluding carboxylic acids is 1. The number of alkyl halides is 2. The summed E-state index contributed by atoms with van der Waals surface area (Å²) in [6, 6.07) is 5.89. The molecule has 0 unspecified atom stereocenters. The van der Waals surface area contributed by atoms with Crippen molar-refractivity contribution in [1.29, 1.82) is 0 Å². The smallest absolute Gasteiger partial charge is 0.387 e. The van der Waals surface area contributed by atoms with Gasteiger partial charge in [-0.15, -0.1) is 0 Å². The Morgan fingerprint density at radius 1 is 1.05 bits per heavy atom. The van der Waals surface area contributed by atoms with Crippen molar-refractivity contribution in [2.75, 3.05) is 0 Å². The molecule has 0 bridgehead atoms. The van der Waals surface area contributed by atoms with Gasteiger partial charge in [0.25, 0.3) is 5.91 Å². The van der Waals surface area contributed by atoms with Gasteiger partial charge in [0.2, 0.25) is 0 Å². The van der Waals surface area contributed by atoms with E-state index in [1.165, 1.54) is 24.3 Å². The van der Waals surface area contributed by atoms with E-state index in [0.717, 1.165) is 0 Å². The zero-order chi connectivity index (χ0) is 14.6. The van der Waals surface area contributed by atoms with Crippen molar-refractivity contribution in [1.82, 2.24) is 4.90 Å². The third-order valence-electron chi connectivity index (χ3n) is 2.67. The van der Waals surface area contributed by atoms with Crippen molar-refractivity contribution in [2.24, 2.45) is 0 Å². The molecule has 0 aliphatic carbocycles. The van der Waals surface area contributed by atoms with E-state index in [4.69, 9.17) is 0 Å².